The predicted octanol–water partition coefficient (Wildman–Crippen LogP) is 5.26. The first-order chi connectivity index (χ1) is 18.6. The van der Waals surface area contributed by atoms with Crippen molar-refractivity contribution in [2.45, 2.75) is 30.6 Å². The Morgan fingerprint density at radius 1 is 1.36 bits per heavy atom. The second-order valence-electron chi connectivity index (χ2n) is 8.83. The van der Waals surface area contributed by atoms with Crippen molar-refractivity contribution in [3.8, 4) is 11.8 Å². The largest absolute Gasteiger partial charge is 0.489 e. The van der Waals surface area contributed by atoms with Crippen molar-refractivity contribution in [1.29, 1.82) is 5.26 Å². The van der Waals surface area contributed by atoms with Crippen molar-refractivity contribution >= 4 is 65.9 Å². The van der Waals surface area contributed by atoms with E-state index in [4.69, 9.17) is 21.4 Å². The molecule has 2 aromatic carbocycles. The van der Waals surface area contributed by atoms with Gasteiger partial charge in [0, 0.05) is 40.8 Å². The first-order valence-corrected chi connectivity index (χ1v) is 15.3. The highest BCUT2D eigenvalue weighted by Crippen LogP contribution is 2.62. The SMILES string of the molecule is N#Cc1cnc2cc(OCC(O)CO)c(NC(=O)CCC3CCS(O)(O)S3)cc2c1Nc1ccc(F)c(Cl)c1. The fraction of sp³-hybridized carbons (Fsp3) is 0.320. The first kappa shape index (κ1) is 29.2. The van der Waals surface area contributed by atoms with Crippen LogP contribution in [0.5, 0.6) is 5.75 Å². The number of halogens is 2. The van der Waals surface area contributed by atoms with Crippen LogP contribution in [0.3, 0.4) is 0 Å². The van der Waals surface area contributed by atoms with Crippen LogP contribution in [-0.2, 0) is 4.79 Å². The zero-order valence-corrected chi connectivity index (χ0v) is 22.8. The smallest absolute Gasteiger partial charge is 0.224 e. The third kappa shape index (κ3) is 7.43. The minimum atomic E-state index is -2.64. The summed E-state index contributed by atoms with van der Waals surface area (Å²) in [5, 5.41) is 34.8. The second-order valence-corrected chi connectivity index (χ2v) is 13.9. The van der Waals surface area contributed by atoms with E-state index in [9.17, 15) is 28.7 Å². The summed E-state index contributed by atoms with van der Waals surface area (Å²) in [6, 6.07) is 9.17. The summed E-state index contributed by atoms with van der Waals surface area (Å²) in [4.78, 5) is 17.2. The van der Waals surface area contributed by atoms with Crippen molar-refractivity contribution in [3.05, 3.63) is 52.9 Å². The molecule has 6 N–H and O–H groups in total. The maximum atomic E-state index is 13.7. The van der Waals surface area contributed by atoms with Crippen LogP contribution in [0.25, 0.3) is 10.9 Å². The summed E-state index contributed by atoms with van der Waals surface area (Å²) >= 11 is 5.92. The van der Waals surface area contributed by atoms with Gasteiger partial charge in [0.2, 0.25) is 5.91 Å². The van der Waals surface area contributed by atoms with E-state index in [0.717, 1.165) is 10.8 Å². The lowest BCUT2D eigenvalue weighted by molar-refractivity contribution is -0.116. The van der Waals surface area contributed by atoms with Gasteiger partial charge in [0.1, 0.15) is 30.3 Å². The number of aromatic nitrogens is 1. The van der Waals surface area contributed by atoms with E-state index >= 15 is 0 Å². The molecular formula is C25H26ClFN4O6S2. The highest BCUT2D eigenvalue weighted by Gasteiger charge is 2.29. The van der Waals surface area contributed by atoms with Crippen LogP contribution >= 0.6 is 32.0 Å². The molecule has 1 amide bonds. The number of benzene rings is 2. The maximum absolute atomic E-state index is 13.7. The number of carbonyl (C=O) groups is 1. The molecule has 4 rings (SSSR count). The molecule has 14 heteroatoms. The number of pyridine rings is 1. The average Bonchev–Trinajstić information content (AvgIpc) is 3.26. The Kier molecular flexibility index (Phi) is 9.39. The van der Waals surface area contributed by atoms with Crippen molar-refractivity contribution in [2.75, 3.05) is 29.6 Å². The second kappa shape index (κ2) is 12.6. The molecule has 1 aliphatic heterocycles. The van der Waals surface area contributed by atoms with E-state index in [1.807, 2.05) is 0 Å². The molecule has 0 saturated carbocycles. The maximum Gasteiger partial charge on any atom is 0.224 e. The highest BCUT2D eigenvalue weighted by molar-refractivity contribution is 8.90. The molecule has 1 fully saturated rings. The van der Waals surface area contributed by atoms with E-state index < -0.39 is 28.1 Å². The molecule has 2 heterocycles. The molecule has 2 atom stereocenters. The first-order valence-electron chi connectivity index (χ1n) is 11.8. The third-order valence-corrected chi connectivity index (χ3v) is 10.2. The van der Waals surface area contributed by atoms with Crippen molar-refractivity contribution in [1.82, 2.24) is 4.98 Å². The molecule has 3 aromatic rings. The van der Waals surface area contributed by atoms with Gasteiger partial charge in [-0.1, -0.05) is 11.6 Å². The summed E-state index contributed by atoms with van der Waals surface area (Å²) in [5.41, 5.74) is 1.57. The van der Waals surface area contributed by atoms with Crippen LogP contribution in [0.1, 0.15) is 24.8 Å². The Labute approximate surface area is 233 Å². The van der Waals surface area contributed by atoms with Gasteiger partial charge in [-0.3, -0.25) is 18.9 Å². The summed E-state index contributed by atoms with van der Waals surface area (Å²) in [6.07, 6.45) is 1.35. The van der Waals surface area contributed by atoms with Gasteiger partial charge in [-0.2, -0.15) is 5.26 Å². The minimum absolute atomic E-state index is 0.0477. The molecule has 0 spiro atoms. The lowest BCUT2D eigenvalue weighted by Gasteiger charge is -2.24. The molecule has 208 valence electrons. The zero-order chi connectivity index (χ0) is 28.2. The number of hydrogen-bond acceptors (Lipinski definition) is 10. The molecule has 0 bridgehead atoms. The van der Waals surface area contributed by atoms with E-state index in [1.165, 1.54) is 30.5 Å². The van der Waals surface area contributed by atoms with Gasteiger partial charge in [-0.25, -0.2) is 4.39 Å². The van der Waals surface area contributed by atoms with E-state index in [0.29, 0.717) is 40.9 Å². The normalized spacial score (nSPS) is 17.8. The monoisotopic (exact) mass is 596 g/mol. The fourth-order valence-electron chi connectivity index (χ4n) is 3.91. The Balaban J connectivity index is 1.66. The summed E-state index contributed by atoms with van der Waals surface area (Å²) < 4.78 is 39.0. The number of aliphatic hydroxyl groups is 2. The number of nitrogens with one attached hydrogen (secondary N) is 2. The van der Waals surface area contributed by atoms with Gasteiger partial charge >= 0.3 is 0 Å². The standard InChI is InChI=1S/C25H26ClFN4O6S2/c26-19-7-15(1-3-20(19)27)30-25-14(10-28)11-29-21-9-23(37-13-16(33)12-32)22(8-18(21)25)31-24(34)4-2-17-5-6-39(35,36)38-17/h1,3,7-9,11,16-17,32-33,35-36H,2,4-6,12-13H2,(H,29,30)(H,31,34). The summed E-state index contributed by atoms with van der Waals surface area (Å²) in [5.74, 6) is -0.459. The zero-order valence-electron chi connectivity index (χ0n) is 20.4. The Morgan fingerprint density at radius 2 is 2.15 bits per heavy atom. The van der Waals surface area contributed by atoms with Crippen LogP contribution in [-0.4, -0.2) is 60.5 Å². The Hall–Kier alpha value is -2.83. The molecule has 0 aliphatic carbocycles. The molecule has 0 radical (unpaired) electrons. The van der Waals surface area contributed by atoms with Crippen LogP contribution in [0.2, 0.25) is 5.02 Å². The topological polar surface area (TPSA) is 168 Å². The lowest BCUT2D eigenvalue weighted by atomic mass is 10.1. The van der Waals surface area contributed by atoms with Crippen LogP contribution in [0.4, 0.5) is 21.5 Å². The Morgan fingerprint density at radius 3 is 2.82 bits per heavy atom. The Bertz CT molecular complexity index is 1420. The number of rotatable bonds is 10. The molecule has 2 unspecified atom stereocenters. The number of nitrogens with zero attached hydrogens (tertiary/aromatic N) is 2. The number of carbonyl (C=O) groups excluding carboxylic acids is 1. The van der Waals surface area contributed by atoms with Crippen LogP contribution < -0.4 is 15.4 Å². The molecule has 1 saturated heterocycles. The molecule has 39 heavy (non-hydrogen) atoms. The number of anilines is 3. The molecule has 1 aliphatic rings. The minimum Gasteiger partial charge on any atom is -0.489 e. The third-order valence-electron chi connectivity index (χ3n) is 5.88. The molecular weight excluding hydrogens is 571 g/mol. The van der Waals surface area contributed by atoms with E-state index in [1.54, 1.807) is 6.07 Å². The van der Waals surface area contributed by atoms with Crippen molar-refractivity contribution in [2.24, 2.45) is 0 Å². The van der Waals surface area contributed by atoms with Gasteiger partial charge in [-0.05, 0) is 47.9 Å². The van der Waals surface area contributed by atoms with Gasteiger partial charge in [0.05, 0.1) is 34.1 Å². The van der Waals surface area contributed by atoms with E-state index in [-0.39, 0.29) is 46.2 Å². The molecule has 1 aromatic heterocycles. The van der Waals surface area contributed by atoms with Crippen molar-refractivity contribution in [3.63, 3.8) is 0 Å². The number of fused-ring (bicyclic) bond motifs is 1. The highest BCUT2D eigenvalue weighted by atomic mass is 35.5. The van der Waals surface area contributed by atoms with Crippen LogP contribution in [0, 0.1) is 17.1 Å². The van der Waals surface area contributed by atoms with Crippen LogP contribution in [0.15, 0.2) is 36.5 Å². The number of ether oxygens (including phenoxy) is 1. The quantitative estimate of drug-likeness (QED) is 0.170. The lowest BCUT2D eigenvalue weighted by Crippen LogP contribution is -2.22. The number of nitriles is 1. The average molecular weight is 597 g/mol. The van der Waals surface area contributed by atoms with Gasteiger partial charge in [0.25, 0.3) is 0 Å². The number of aliphatic hydroxyl groups excluding tert-OH is 2. The van der Waals surface area contributed by atoms with E-state index in [2.05, 4.69) is 21.7 Å². The van der Waals surface area contributed by atoms with Crippen molar-refractivity contribution < 1.29 is 33.2 Å². The number of amides is 1. The van der Waals surface area contributed by atoms with Gasteiger partial charge < -0.3 is 25.6 Å². The van der Waals surface area contributed by atoms with Gasteiger partial charge in [-0.15, -0.1) is 9.62 Å². The predicted molar refractivity (Wildman–Crippen MR) is 151 cm³/mol. The van der Waals surface area contributed by atoms with Gasteiger partial charge in [0.15, 0.2) is 0 Å². The summed E-state index contributed by atoms with van der Waals surface area (Å²) in [6.45, 7) is -0.775. The fourth-order valence-corrected chi connectivity index (χ4v) is 8.25. The molecule has 10 nitrogen and oxygen atoms in total. The number of hydrogen-bond donors (Lipinski definition) is 6. The summed E-state index contributed by atoms with van der Waals surface area (Å²) in [7, 11) is -1.54.